The summed E-state index contributed by atoms with van der Waals surface area (Å²) in [5, 5.41) is 1.85. The lowest BCUT2D eigenvalue weighted by molar-refractivity contribution is 0.0787. The Balaban J connectivity index is 1.92. The summed E-state index contributed by atoms with van der Waals surface area (Å²) in [6.45, 7) is 2.34. The first kappa shape index (κ1) is 16.7. The van der Waals surface area contributed by atoms with Crippen LogP contribution in [0.25, 0.3) is 10.9 Å². The van der Waals surface area contributed by atoms with Crippen molar-refractivity contribution in [2.24, 2.45) is 0 Å². The summed E-state index contributed by atoms with van der Waals surface area (Å²) in [6.07, 6.45) is 0. The topological polar surface area (TPSA) is 33.2 Å². The number of carbonyl (C=O) groups is 1. The highest BCUT2D eigenvalue weighted by Crippen LogP contribution is 2.24. The van der Waals surface area contributed by atoms with Crippen molar-refractivity contribution in [2.45, 2.75) is 13.5 Å². The smallest absolute Gasteiger partial charge is 0.254 e. The van der Waals surface area contributed by atoms with Gasteiger partial charge in [0, 0.05) is 24.7 Å². The number of halogens is 2. The van der Waals surface area contributed by atoms with Gasteiger partial charge in [-0.3, -0.25) is 9.78 Å². The highest BCUT2D eigenvalue weighted by molar-refractivity contribution is 6.42. The second-order valence-corrected chi connectivity index (χ2v) is 6.55. The van der Waals surface area contributed by atoms with E-state index in [9.17, 15) is 4.79 Å². The van der Waals surface area contributed by atoms with E-state index < -0.39 is 0 Å². The van der Waals surface area contributed by atoms with E-state index >= 15 is 0 Å². The van der Waals surface area contributed by atoms with Crippen LogP contribution in [0.3, 0.4) is 0 Å². The molecule has 0 aliphatic heterocycles. The van der Waals surface area contributed by atoms with Crippen LogP contribution >= 0.6 is 23.2 Å². The molecular weight excluding hydrogens is 343 g/mol. The van der Waals surface area contributed by atoms with Gasteiger partial charge < -0.3 is 4.90 Å². The average Bonchev–Trinajstić information content (AvgIpc) is 2.56. The number of nitrogens with zero attached hydrogens (tertiary/aromatic N) is 2. The Kier molecular flexibility index (Phi) is 4.74. The molecule has 0 bridgehead atoms. The molecule has 3 rings (SSSR count). The van der Waals surface area contributed by atoms with Gasteiger partial charge in [-0.05, 0) is 36.8 Å². The van der Waals surface area contributed by atoms with E-state index in [1.165, 1.54) is 0 Å². The van der Waals surface area contributed by atoms with E-state index in [1.807, 2.05) is 43.3 Å². The Labute approximate surface area is 150 Å². The van der Waals surface area contributed by atoms with Crippen LogP contribution in [-0.4, -0.2) is 22.8 Å². The fourth-order valence-corrected chi connectivity index (χ4v) is 2.99. The van der Waals surface area contributed by atoms with Gasteiger partial charge in [0.25, 0.3) is 5.91 Å². The number of para-hydroxylation sites is 1. The fourth-order valence-electron chi connectivity index (χ4n) is 2.67. The molecule has 1 amide bonds. The van der Waals surface area contributed by atoms with Gasteiger partial charge in [-0.1, -0.05) is 47.5 Å². The lowest BCUT2D eigenvalue weighted by Crippen LogP contribution is -2.26. The van der Waals surface area contributed by atoms with Gasteiger partial charge in [-0.2, -0.15) is 0 Å². The van der Waals surface area contributed by atoms with Crippen LogP contribution < -0.4 is 0 Å². The monoisotopic (exact) mass is 358 g/mol. The summed E-state index contributed by atoms with van der Waals surface area (Å²) >= 11 is 12.0. The molecule has 122 valence electrons. The molecule has 0 fully saturated rings. The molecule has 0 atom stereocenters. The minimum atomic E-state index is -0.0530. The number of aryl methyl sites for hydroxylation is 1. The van der Waals surface area contributed by atoms with Crippen molar-refractivity contribution < 1.29 is 4.79 Å². The first-order chi connectivity index (χ1) is 11.5. The van der Waals surface area contributed by atoms with Gasteiger partial charge in [-0.25, -0.2) is 0 Å². The normalized spacial score (nSPS) is 10.8. The second-order valence-electron chi connectivity index (χ2n) is 5.74. The van der Waals surface area contributed by atoms with Crippen LogP contribution in [0.1, 0.15) is 21.6 Å². The van der Waals surface area contributed by atoms with Gasteiger partial charge in [0.2, 0.25) is 0 Å². The molecule has 1 aromatic heterocycles. The van der Waals surface area contributed by atoms with Crippen molar-refractivity contribution in [3.63, 3.8) is 0 Å². The van der Waals surface area contributed by atoms with Crippen LogP contribution in [0.5, 0.6) is 0 Å². The molecule has 1 heterocycles. The van der Waals surface area contributed by atoms with Gasteiger partial charge in [0.05, 0.1) is 21.1 Å². The zero-order valence-electron chi connectivity index (χ0n) is 13.4. The summed E-state index contributed by atoms with van der Waals surface area (Å²) < 4.78 is 0. The molecule has 0 aliphatic carbocycles. The van der Waals surface area contributed by atoms with Gasteiger partial charge in [0.15, 0.2) is 0 Å². The first-order valence-corrected chi connectivity index (χ1v) is 8.27. The number of hydrogen-bond donors (Lipinski definition) is 0. The predicted octanol–water partition coefficient (Wildman–Crippen LogP) is 5.12. The Morgan fingerprint density at radius 1 is 1.08 bits per heavy atom. The number of pyridine rings is 1. The van der Waals surface area contributed by atoms with E-state index in [1.54, 1.807) is 24.1 Å². The first-order valence-electron chi connectivity index (χ1n) is 7.51. The molecule has 0 spiro atoms. The second kappa shape index (κ2) is 6.80. The highest BCUT2D eigenvalue weighted by atomic mass is 35.5. The van der Waals surface area contributed by atoms with E-state index in [-0.39, 0.29) is 5.91 Å². The average molecular weight is 359 g/mol. The Morgan fingerprint density at radius 2 is 1.83 bits per heavy atom. The molecule has 0 unspecified atom stereocenters. The van der Waals surface area contributed by atoms with Crippen molar-refractivity contribution in [2.75, 3.05) is 7.05 Å². The molecule has 3 nitrogen and oxygen atoms in total. The van der Waals surface area contributed by atoms with Crippen molar-refractivity contribution in [3.8, 4) is 0 Å². The third kappa shape index (κ3) is 3.37. The quantitative estimate of drug-likeness (QED) is 0.650. The molecule has 0 saturated heterocycles. The number of fused-ring (bicyclic) bond motifs is 1. The van der Waals surface area contributed by atoms with E-state index in [0.717, 1.165) is 22.2 Å². The maximum absolute atomic E-state index is 12.9. The van der Waals surface area contributed by atoms with Crippen molar-refractivity contribution >= 4 is 40.0 Å². The van der Waals surface area contributed by atoms with Crippen LogP contribution in [0.15, 0.2) is 48.5 Å². The Morgan fingerprint density at radius 3 is 2.58 bits per heavy atom. The maximum atomic E-state index is 12.9. The Bertz CT molecular complexity index is 924. The van der Waals surface area contributed by atoms with Gasteiger partial charge in [-0.15, -0.1) is 0 Å². The van der Waals surface area contributed by atoms with Crippen LogP contribution in [0.4, 0.5) is 0 Å². The van der Waals surface area contributed by atoms with Gasteiger partial charge >= 0.3 is 0 Å². The molecular formula is C19H16Cl2N2O. The van der Waals surface area contributed by atoms with E-state index in [0.29, 0.717) is 22.2 Å². The number of carbonyl (C=O) groups excluding carboxylic acids is 1. The SMILES string of the molecule is Cc1cc(C(=O)N(C)Cc2ccc(Cl)c(Cl)c2)c2ccccc2n1. The van der Waals surface area contributed by atoms with Crippen molar-refractivity contribution in [3.05, 3.63) is 75.4 Å². The minimum absolute atomic E-state index is 0.0530. The number of benzene rings is 2. The van der Waals surface area contributed by atoms with Crippen LogP contribution in [0.2, 0.25) is 10.0 Å². The fraction of sp³-hybridized carbons (Fsp3) is 0.158. The zero-order valence-corrected chi connectivity index (χ0v) is 14.9. The number of rotatable bonds is 3. The molecule has 24 heavy (non-hydrogen) atoms. The van der Waals surface area contributed by atoms with E-state index in [2.05, 4.69) is 4.98 Å². The van der Waals surface area contributed by atoms with Crippen LogP contribution in [-0.2, 0) is 6.54 Å². The molecule has 0 N–H and O–H groups in total. The van der Waals surface area contributed by atoms with E-state index in [4.69, 9.17) is 23.2 Å². The molecule has 0 radical (unpaired) electrons. The summed E-state index contributed by atoms with van der Waals surface area (Å²) in [5.74, 6) is -0.0530. The largest absolute Gasteiger partial charge is 0.337 e. The highest BCUT2D eigenvalue weighted by Gasteiger charge is 2.16. The molecule has 5 heteroatoms. The number of aromatic nitrogens is 1. The lowest BCUT2D eigenvalue weighted by Gasteiger charge is -2.19. The van der Waals surface area contributed by atoms with Crippen molar-refractivity contribution in [1.82, 2.24) is 9.88 Å². The van der Waals surface area contributed by atoms with Crippen molar-refractivity contribution in [1.29, 1.82) is 0 Å². The standard InChI is InChI=1S/C19H16Cl2N2O/c1-12-9-15(14-5-3-4-6-18(14)22-12)19(24)23(2)11-13-7-8-16(20)17(21)10-13/h3-10H,11H2,1-2H3. The Hall–Kier alpha value is -2.10. The molecule has 3 aromatic rings. The third-order valence-corrected chi connectivity index (χ3v) is 4.56. The molecule has 0 aliphatic rings. The minimum Gasteiger partial charge on any atom is -0.337 e. The maximum Gasteiger partial charge on any atom is 0.254 e. The number of hydrogen-bond acceptors (Lipinski definition) is 2. The number of amides is 1. The van der Waals surface area contributed by atoms with Gasteiger partial charge in [0.1, 0.15) is 0 Å². The molecule has 2 aromatic carbocycles. The summed E-state index contributed by atoms with van der Waals surface area (Å²) in [6, 6.07) is 14.9. The summed E-state index contributed by atoms with van der Waals surface area (Å²) in [4.78, 5) is 19.1. The molecule has 0 saturated carbocycles. The third-order valence-electron chi connectivity index (χ3n) is 3.83. The zero-order chi connectivity index (χ0) is 17.3. The summed E-state index contributed by atoms with van der Waals surface area (Å²) in [5.41, 5.74) is 3.22. The summed E-state index contributed by atoms with van der Waals surface area (Å²) in [7, 11) is 1.77. The van der Waals surface area contributed by atoms with Crippen LogP contribution in [0, 0.1) is 6.92 Å². The predicted molar refractivity (Wildman–Crippen MR) is 98.7 cm³/mol. The lowest BCUT2D eigenvalue weighted by atomic mass is 10.1.